The molecular weight excluding hydrogens is 901 g/mol. The van der Waals surface area contributed by atoms with Crippen LogP contribution in [0.5, 0.6) is 0 Å². The zero-order valence-electron chi connectivity index (χ0n) is 47.6. The van der Waals surface area contributed by atoms with Gasteiger partial charge in [-0.3, -0.25) is 14.4 Å². The Labute approximate surface area is 450 Å². The minimum absolute atomic E-state index is 0.122. The zero-order chi connectivity index (χ0) is 52.9. The van der Waals surface area contributed by atoms with Crippen molar-refractivity contribution in [1.82, 2.24) is 0 Å². The summed E-state index contributed by atoms with van der Waals surface area (Å²) in [5, 5.41) is 0. The lowest BCUT2D eigenvalue weighted by Gasteiger charge is -2.18. The van der Waals surface area contributed by atoms with Gasteiger partial charge in [-0.2, -0.15) is 0 Å². The lowest BCUT2D eigenvalue weighted by atomic mass is 10.0. The molecule has 6 nitrogen and oxygen atoms in total. The van der Waals surface area contributed by atoms with Crippen LogP contribution in [-0.2, 0) is 28.6 Å². The molecule has 1 atom stereocenters. The highest BCUT2D eigenvalue weighted by Crippen LogP contribution is 2.17. The van der Waals surface area contributed by atoms with Crippen molar-refractivity contribution in [1.29, 1.82) is 0 Å². The molecule has 73 heavy (non-hydrogen) atoms. The molecule has 0 radical (unpaired) electrons. The normalized spacial score (nSPS) is 12.9. The molecule has 0 saturated heterocycles. The second kappa shape index (κ2) is 60.6. The molecule has 0 aliphatic rings. The largest absolute Gasteiger partial charge is 0.462 e. The number of carbonyl (C=O) groups excluding carboxylic acids is 3. The van der Waals surface area contributed by atoms with Crippen molar-refractivity contribution >= 4 is 17.9 Å². The minimum Gasteiger partial charge on any atom is -0.462 e. The molecule has 0 aromatic carbocycles. The van der Waals surface area contributed by atoms with E-state index in [2.05, 4.69) is 118 Å². The second-order valence-corrected chi connectivity index (χ2v) is 19.9. The Kier molecular flexibility index (Phi) is 57.4. The Morgan fingerprint density at radius 2 is 0.562 bits per heavy atom. The molecule has 0 saturated carbocycles. The topological polar surface area (TPSA) is 78.9 Å². The van der Waals surface area contributed by atoms with Gasteiger partial charge in [0.25, 0.3) is 0 Å². The Hall–Kier alpha value is -3.93. The molecule has 0 N–H and O–H groups in total. The first-order valence-corrected chi connectivity index (χ1v) is 30.4. The van der Waals surface area contributed by atoms with Crippen LogP contribution in [0.4, 0.5) is 0 Å². The van der Waals surface area contributed by atoms with Gasteiger partial charge < -0.3 is 14.2 Å². The quantitative estimate of drug-likeness (QED) is 0.0261. The predicted molar refractivity (Wildman–Crippen MR) is 316 cm³/mol. The van der Waals surface area contributed by atoms with Crippen molar-refractivity contribution < 1.29 is 28.6 Å². The number of unbranched alkanes of at least 4 members (excludes halogenated alkanes) is 25. The van der Waals surface area contributed by atoms with Crippen LogP contribution >= 0.6 is 0 Å². The molecule has 0 bridgehead atoms. The van der Waals surface area contributed by atoms with Crippen molar-refractivity contribution in [3.8, 4) is 0 Å². The first-order valence-electron chi connectivity index (χ1n) is 30.4. The summed E-state index contributed by atoms with van der Waals surface area (Å²) >= 11 is 0. The van der Waals surface area contributed by atoms with E-state index in [4.69, 9.17) is 14.2 Å². The fourth-order valence-electron chi connectivity index (χ4n) is 8.32. The van der Waals surface area contributed by atoms with Gasteiger partial charge >= 0.3 is 17.9 Å². The summed E-state index contributed by atoms with van der Waals surface area (Å²) in [7, 11) is 0. The van der Waals surface area contributed by atoms with E-state index in [0.717, 1.165) is 83.5 Å². The first kappa shape index (κ1) is 69.1. The van der Waals surface area contributed by atoms with Gasteiger partial charge in [-0.25, -0.2) is 0 Å². The maximum atomic E-state index is 12.8. The van der Waals surface area contributed by atoms with Gasteiger partial charge in [-0.1, -0.05) is 284 Å². The van der Waals surface area contributed by atoms with Gasteiger partial charge in [0.1, 0.15) is 13.2 Å². The lowest BCUT2D eigenvalue weighted by molar-refractivity contribution is -0.166. The van der Waals surface area contributed by atoms with E-state index in [1.165, 1.54) is 141 Å². The summed E-state index contributed by atoms with van der Waals surface area (Å²) in [6, 6.07) is 0. The van der Waals surface area contributed by atoms with Crippen LogP contribution in [0.3, 0.4) is 0 Å². The van der Waals surface area contributed by atoms with Gasteiger partial charge in [-0.15, -0.1) is 0 Å². The van der Waals surface area contributed by atoms with Crippen LogP contribution in [-0.4, -0.2) is 37.2 Å². The van der Waals surface area contributed by atoms with E-state index in [1.807, 2.05) is 12.2 Å². The second-order valence-electron chi connectivity index (χ2n) is 19.9. The molecular formula is C67H112O6. The molecule has 0 amide bonds. The summed E-state index contributed by atoms with van der Waals surface area (Å²) in [4.78, 5) is 38.1. The smallest absolute Gasteiger partial charge is 0.306 e. The first-order chi connectivity index (χ1) is 36.0. The van der Waals surface area contributed by atoms with Gasteiger partial charge in [0, 0.05) is 19.3 Å². The summed E-state index contributed by atoms with van der Waals surface area (Å²) in [5.41, 5.74) is 0. The van der Waals surface area contributed by atoms with Crippen molar-refractivity contribution in [2.24, 2.45) is 0 Å². The highest BCUT2D eigenvalue weighted by molar-refractivity contribution is 5.71. The van der Waals surface area contributed by atoms with Crippen LogP contribution in [0.15, 0.2) is 109 Å². The highest BCUT2D eigenvalue weighted by atomic mass is 16.6. The Balaban J connectivity index is 4.38. The third-order valence-corrected chi connectivity index (χ3v) is 12.8. The molecule has 0 aromatic rings. The third kappa shape index (κ3) is 58.8. The minimum atomic E-state index is -0.837. The van der Waals surface area contributed by atoms with Crippen molar-refractivity contribution in [2.75, 3.05) is 13.2 Å². The van der Waals surface area contributed by atoms with Crippen LogP contribution in [0.25, 0.3) is 0 Å². The van der Waals surface area contributed by atoms with E-state index in [9.17, 15) is 14.4 Å². The van der Waals surface area contributed by atoms with Crippen LogP contribution in [0.2, 0.25) is 0 Å². The Bertz CT molecular complexity index is 1490. The molecule has 0 fully saturated rings. The SMILES string of the molecule is CC/C=C\C/C=C\C/C=C\C/C=C\C/C=C\CCCC(=O)OC(COC(=O)CC/C=C\C/C=C\C/C=C\C/C=C\CC)COC(=O)CCCCCCCCCCCCCCCCCCCCCCCCCCC. The average molecular weight is 1010 g/mol. The Morgan fingerprint density at radius 1 is 0.288 bits per heavy atom. The van der Waals surface area contributed by atoms with E-state index in [0.29, 0.717) is 19.3 Å². The zero-order valence-corrected chi connectivity index (χ0v) is 47.6. The number of hydrogen-bond donors (Lipinski definition) is 0. The number of ether oxygens (including phenoxy) is 3. The number of allylic oxidation sites excluding steroid dienone is 18. The molecule has 0 aliphatic heterocycles. The molecule has 0 spiro atoms. The maximum Gasteiger partial charge on any atom is 0.306 e. The fourth-order valence-corrected chi connectivity index (χ4v) is 8.32. The summed E-state index contributed by atoms with van der Waals surface area (Å²) < 4.78 is 16.7. The lowest BCUT2D eigenvalue weighted by Crippen LogP contribution is -2.30. The van der Waals surface area contributed by atoms with Gasteiger partial charge in [0.15, 0.2) is 6.10 Å². The van der Waals surface area contributed by atoms with Gasteiger partial charge in [0.05, 0.1) is 0 Å². The standard InChI is InChI=1S/C67H112O6/c1-4-7-10-13-16-19-22-25-27-29-30-31-32-33-34-35-36-38-39-42-45-48-51-54-57-60-66(69)72-63-64(62-71-65(68)59-56-53-50-47-44-41-24-21-18-15-12-9-6-3)73-67(70)61-58-55-52-49-46-43-40-37-28-26-23-20-17-14-11-8-5-2/h8-9,11-12,17-18,20-21,26,28,40-41,43-44,49-50,52-53,64H,4-7,10,13-16,19,22-25,27,29-39,42,45-48,51,54-63H2,1-3H3/b11-8-,12-9-,20-17-,21-18-,28-26-,43-40-,44-41-,52-49-,53-50-. The van der Waals surface area contributed by atoms with Crippen LogP contribution in [0.1, 0.15) is 278 Å². The monoisotopic (exact) mass is 1010 g/mol. The predicted octanol–water partition coefficient (Wildman–Crippen LogP) is 20.7. The molecule has 6 heteroatoms. The number of rotatable bonds is 54. The van der Waals surface area contributed by atoms with E-state index >= 15 is 0 Å². The van der Waals surface area contributed by atoms with Gasteiger partial charge in [0.2, 0.25) is 0 Å². The molecule has 0 aromatic heterocycles. The molecule has 0 aliphatic carbocycles. The number of hydrogen-bond acceptors (Lipinski definition) is 6. The molecule has 0 heterocycles. The third-order valence-electron chi connectivity index (χ3n) is 12.8. The van der Waals surface area contributed by atoms with Crippen molar-refractivity contribution in [2.45, 2.75) is 284 Å². The van der Waals surface area contributed by atoms with E-state index in [-0.39, 0.29) is 44.0 Å². The maximum absolute atomic E-state index is 12.8. The highest BCUT2D eigenvalue weighted by Gasteiger charge is 2.19. The molecule has 0 rings (SSSR count). The average Bonchev–Trinajstić information content (AvgIpc) is 3.39. The molecule has 416 valence electrons. The summed E-state index contributed by atoms with van der Waals surface area (Å²) in [6.07, 6.45) is 82.7. The summed E-state index contributed by atoms with van der Waals surface area (Å²) in [6.45, 7) is 6.32. The number of carbonyl (C=O) groups is 3. The molecule has 1 unspecified atom stereocenters. The summed E-state index contributed by atoms with van der Waals surface area (Å²) in [5.74, 6) is -1.06. The number of esters is 3. The van der Waals surface area contributed by atoms with E-state index < -0.39 is 6.10 Å². The fraction of sp³-hybridized carbons (Fsp3) is 0.687. The van der Waals surface area contributed by atoms with Crippen molar-refractivity contribution in [3.63, 3.8) is 0 Å². The van der Waals surface area contributed by atoms with Crippen LogP contribution in [0, 0.1) is 0 Å². The van der Waals surface area contributed by atoms with Crippen molar-refractivity contribution in [3.05, 3.63) is 109 Å². The van der Waals surface area contributed by atoms with Gasteiger partial charge in [-0.05, 0) is 83.5 Å². The Morgan fingerprint density at radius 3 is 0.904 bits per heavy atom. The van der Waals surface area contributed by atoms with Crippen LogP contribution < -0.4 is 0 Å². The van der Waals surface area contributed by atoms with E-state index in [1.54, 1.807) is 0 Å².